The van der Waals surface area contributed by atoms with Crippen LogP contribution in [0.4, 0.5) is 5.69 Å². The molecule has 0 radical (unpaired) electrons. The van der Waals surface area contributed by atoms with Crippen molar-refractivity contribution < 1.29 is 14.8 Å². The van der Waals surface area contributed by atoms with Gasteiger partial charge in [-0.3, -0.25) is 15.1 Å². The number of hydrogen-bond donors (Lipinski definition) is 1. The van der Waals surface area contributed by atoms with Crippen molar-refractivity contribution in [2.24, 2.45) is 0 Å². The Hall–Kier alpha value is -2.41. The molecule has 0 spiro atoms. The van der Waals surface area contributed by atoms with Crippen molar-refractivity contribution >= 4 is 23.4 Å². The van der Waals surface area contributed by atoms with E-state index in [1.807, 2.05) is 0 Å². The van der Waals surface area contributed by atoms with Crippen LogP contribution in [-0.2, 0) is 0 Å². The molecule has 0 saturated heterocycles. The van der Waals surface area contributed by atoms with Gasteiger partial charge in [0.2, 0.25) is 0 Å². The Morgan fingerprint density at radius 3 is 2.47 bits per heavy atom. The number of aromatic carboxylic acids is 1. The summed E-state index contributed by atoms with van der Waals surface area (Å²) >= 11 is 1.30. The summed E-state index contributed by atoms with van der Waals surface area (Å²) in [6.45, 7) is 0. The number of carbonyl (C=O) groups is 1. The predicted molar refractivity (Wildman–Crippen MR) is 68.4 cm³/mol. The first kappa shape index (κ1) is 13.0. The van der Waals surface area contributed by atoms with E-state index in [9.17, 15) is 14.9 Å². The number of nitro benzene ring substituents is 1. The lowest BCUT2D eigenvalue weighted by Gasteiger charge is -2.03. The first-order chi connectivity index (χ1) is 9.08. The third-order valence-electron chi connectivity index (χ3n) is 2.28. The SMILES string of the molecule is O=C(O)c1ccc(Sc2ccncc2)cc1[N+](=O)[O-]. The number of carboxylic acid groups (broad SMARTS) is 1. The average Bonchev–Trinajstić information content (AvgIpc) is 2.39. The van der Waals surface area contributed by atoms with Gasteiger partial charge in [-0.15, -0.1) is 0 Å². The summed E-state index contributed by atoms with van der Waals surface area (Å²) in [4.78, 5) is 26.4. The van der Waals surface area contributed by atoms with Gasteiger partial charge in [-0.05, 0) is 24.3 Å². The molecule has 0 aliphatic rings. The molecule has 1 N–H and O–H groups in total. The van der Waals surface area contributed by atoms with Crippen LogP contribution in [0.3, 0.4) is 0 Å². The Morgan fingerprint density at radius 1 is 1.21 bits per heavy atom. The van der Waals surface area contributed by atoms with Crippen molar-refractivity contribution in [3.8, 4) is 0 Å². The van der Waals surface area contributed by atoms with Crippen LogP contribution in [0.2, 0.25) is 0 Å². The van der Waals surface area contributed by atoms with Crippen molar-refractivity contribution in [2.45, 2.75) is 9.79 Å². The van der Waals surface area contributed by atoms with Crippen molar-refractivity contribution in [3.05, 3.63) is 58.4 Å². The Morgan fingerprint density at radius 2 is 1.89 bits per heavy atom. The van der Waals surface area contributed by atoms with Gasteiger partial charge in [0.25, 0.3) is 5.69 Å². The van der Waals surface area contributed by atoms with Crippen LogP contribution in [-0.4, -0.2) is 21.0 Å². The second-order valence-electron chi connectivity index (χ2n) is 3.53. The fourth-order valence-electron chi connectivity index (χ4n) is 1.45. The monoisotopic (exact) mass is 276 g/mol. The van der Waals surface area contributed by atoms with Crippen molar-refractivity contribution in [2.75, 3.05) is 0 Å². The van der Waals surface area contributed by atoms with E-state index in [2.05, 4.69) is 4.98 Å². The first-order valence-corrected chi connectivity index (χ1v) is 5.99. The quantitative estimate of drug-likeness (QED) is 0.681. The van der Waals surface area contributed by atoms with Crippen LogP contribution in [0.5, 0.6) is 0 Å². The maximum absolute atomic E-state index is 10.9. The van der Waals surface area contributed by atoms with Gasteiger partial charge in [0, 0.05) is 28.3 Å². The molecule has 1 aromatic heterocycles. The van der Waals surface area contributed by atoms with Crippen LogP contribution in [0, 0.1) is 10.1 Å². The summed E-state index contributed by atoms with van der Waals surface area (Å²) in [7, 11) is 0. The molecule has 0 aliphatic carbocycles. The van der Waals surface area contributed by atoms with Gasteiger partial charge in [0.1, 0.15) is 5.56 Å². The van der Waals surface area contributed by atoms with E-state index in [1.165, 1.54) is 23.9 Å². The minimum Gasteiger partial charge on any atom is -0.477 e. The molecule has 7 heteroatoms. The van der Waals surface area contributed by atoms with E-state index in [0.29, 0.717) is 4.90 Å². The molecule has 0 saturated carbocycles. The second kappa shape index (κ2) is 5.49. The van der Waals surface area contributed by atoms with Gasteiger partial charge in [-0.25, -0.2) is 4.79 Å². The van der Waals surface area contributed by atoms with Crippen LogP contribution in [0.25, 0.3) is 0 Å². The van der Waals surface area contributed by atoms with Crippen molar-refractivity contribution in [1.29, 1.82) is 0 Å². The maximum Gasteiger partial charge on any atom is 0.342 e. The van der Waals surface area contributed by atoms with E-state index in [1.54, 1.807) is 30.6 Å². The Bertz CT molecular complexity index is 631. The number of rotatable bonds is 4. The summed E-state index contributed by atoms with van der Waals surface area (Å²) in [5.74, 6) is -1.31. The first-order valence-electron chi connectivity index (χ1n) is 5.17. The topological polar surface area (TPSA) is 93.3 Å². The van der Waals surface area contributed by atoms with Gasteiger partial charge < -0.3 is 5.11 Å². The van der Waals surface area contributed by atoms with Crippen molar-refractivity contribution in [1.82, 2.24) is 4.98 Å². The van der Waals surface area contributed by atoms with E-state index >= 15 is 0 Å². The third-order valence-corrected chi connectivity index (χ3v) is 3.28. The summed E-state index contributed by atoms with van der Waals surface area (Å²) in [6.07, 6.45) is 3.23. The predicted octanol–water partition coefficient (Wildman–Crippen LogP) is 2.84. The van der Waals surface area contributed by atoms with Gasteiger partial charge >= 0.3 is 5.97 Å². The van der Waals surface area contributed by atoms with E-state index in [4.69, 9.17) is 5.11 Å². The molecular formula is C12H8N2O4S. The Balaban J connectivity index is 2.36. The number of aromatic nitrogens is 1. The molecule has 6 nitrogen and oxygen atoms in total. The zero-order chi connectivity index (χ0) is 13.8. The zero-order valence-corrected chi connectivity index (χ0v) is 10.3. The van der Waals surface area contributed by atoms with Gasteiger partial charge in [-0.1, -0.05) is 11.8 Å². The highest BCUT2D eigenvalue weighted by Crippen LogP contribution is 2.31. The van der Waals surface area contributed by atoms with E-state index < -0.39 is 16.6 Å². The van der Waals surface area contributed by atoms with Gasteiger partial charge in [0.05, 0.1) is 4.92 Å². The Kier molecular flexibility index (Phi) is 3.76. The summed E-state index contributed by atoms with van der Waals surface area (Å²) in [6, 6.07) is 7.57. The van der Waals surface area contributed by atoms with Gasteiger partial charge in [0.15, 0.2) is 0 Å². The minimum absolute atomic E-state index is 0.316. The van der Waals surface area contributed by atoms with E-state index in [0.717, 1.165) is 4.90 Å². The molecule has 2 aromatic rings. The lowest BCUT2D eigenvalue weighted by atomic mass is 10.2. The molecule has 0 bridgehead atoms. The van der Waals surface area contributed by atoms with Gasteiger partial charge in [-0.2, -0.15) is 0 Å². The highest BCUT2D eigenvalue weighted by molar-refractivity contribution is 7.99. The minimum atomic E-state index is -1.31. The second-order valence-corrected chi connectivity index (χ2v) is 4.67. The third kappa shape index (κ3) is 3.08. The molecule has 2 rings (SSSR count). The van der Waals surface area contributed by atoms with Crippen LogP contribution in [0.15, 0.2) is 52.5 Å². The lowest BCUT2D eigenvalue weighted by Crippen LogP contribution is -2.02. The summed E-state index contributed by atoms with van der Waals surface area (Å²) in [5, 5.41) is 19.7. The summed E-state index contributed by atoms with van der Waals surface area (Å²) < 4.78 is 0. The maximum atomic E-state index is 10.9. The highest BCUT2D eigenvalue weighted by Gasteiger charge is 2.20. The molecule has 0 unspecified atom stereocenters. The number of carboxylic acids is 1. The zero-order valence-electron chi connectivity index (χ0n) is 9.52. The average molecular weight is 276 g/mol. The molecule has 19 heavy (non-hydrogen) atoms. The molecule has 0 atom stereocenters. The number of pyridine rings is 1. The number of hydrogen-bond acceptors (Lipinski definition) is 5. The van der Waals surface area contributed by atoms with Crippen LogP contribution >= 0.6 is 11.8 Å². The standard InChI is InChI=1S/C12H8N2O4S/c15-12(16)10-2-1-9(7-11(10)14(17)18)19-8-3-5-13-6-4-8/h1-7H,(H,15,16). The molecule has 96 valence electrons. The van der Waals surface area contributed by atoms with Crippen LogP contribution in [0.1, 0.15) is 10.4 Å². The fraction of sp³-hybridized carbons (Fsp3) is 0. The highest BCUT2D eigenvalue weighted by atomic mass is 32.2. The van der Waals surface area contributed by atoms with E-state index in [-0.39, 0.29) is 5.56 Å². The smallest absolute Gasteiger partial charge is 0.342 e. The van der Waals surface area contributed by atoms with Crippen molar-refractivity contribution in [3.63, 3.8) is 0 Å². The van der Waals surface area contributed by atoms with Crippen LogP contribution < -0.4 is 0 Å². The molecule has 0 fully saturated rings. The normalized spacial score (nSPS) is 10.1. The molecule has 1 heterocycles. The lowest BCUT2D eigenvalue weighted by molar-refractivity contribution is -0.385. The summed E-state index contributed by atoms with van der Waals surface area (Å²) in [5.41, 5.74) is -0.726. The molecule has 1 aromatic carbocycles. The molecule has 0 aliphatic heterocycles. The Labute approximate surface area is 112 Å². The number of nitro groups is 1. The molecule has 0 amide bonds. The fourth-order valence-corrected chi connectivity index (χ4v) is 2.29. The number of benzene rings is 1. The molecular weight excluding hydrogens is 268 g/mol. The number of nitrogens with zero attached hydrogens (tertiary/aromatic N) is 2. The largest absolute Gasteiger partial charge is 0.477 e.